The summed E-state index contributed by atoms with van der Waals surface area (Å²) in [4.78, 5) is 0. The first kappa shape index (κ1) is 11.5. The van der Waals surface area contributed by atoms with Crippen LogP contribution in [0, 0.1) is 0 Å². The lowest BCUT2D eigenvalue weighted by Crippen LogP contribution is -2.00. The molecule has 2 aromatic rings. The summed E-state index contributed by atoms with van der Waals surface area (Å²) in [7, 11) is 0. The number of anilines is 2. The van der Waals surface area contributed by atoms with Gasteiger partial charge in [0, 0.05) is 12.2 Å². The molecule has 5 N–H and O–H groups in total. The average molecular weight is 228 g/mol. The van der Waals surface area contributed by atoms with Gasteiger partial charge in [-0.25, -0.2) is 0 Å². The van der Waals surface area contributed by atoms with Crippen molar-refractivity contribution in [1.29, 1.82) is 0 Å². The van der Waals surface area contributed by atoms with Crippen LogP contribution in [-0.2, 0) is 6.42 Å². The van der Waals surface area contributed by atoms with Crippen LogP contribution < -0.4 is 11.5 Å². The van der Waals surface area contributed by atoms with Gasteiger partial charge in [-0.1, -0.05) is 30.3 Å². The maximum atomic E-state index is 8.97. The highest BCUT2D eigenvalue weighted by Crippen LogP contribution is 2.31. The first-order valence-electron chi connectivity index (χ1n) is 5.56. The van der Waals surface area contributed by atoms with Gasteiger partial charge in [-0.3, -0.25) is 0 Å². The summed E-state index contributed by atoms with van der Waals surface area (Å²) in [5.74, 6) is 0. The van der Waals surface area contributed by atoms with E-state index in [9.17, 15) is 0 Å². The van der Waals surface area contributed by atoms with Crippen molar-refractivity contribution in [3.05, 3.63) is 48.0 Å². The minimum absolute atomic E-state index is 0.109. The zero-order valence-corrected chi connectivity index (χ0v) is 9.56. The van der Waals surface area contributed by atoms with Gasteiger partial charge in [-0.15, -0.1) is 0 Å². The van der Waals surface area contributed by atoms with E-state index in [1.54, 1.807) is 0 Å². The molecule has 0 fully saturated rings. The van der Waals surface area contributed by atoms with E-state index in [1.807, 2.05) is 42.5 Å². The van der Waals surface area contributed by atoms with Crippen LogP contribution in [0.1, 0.15) is 5.56 Å². The van der Waals surface area contributed by atoms with Gasteiger partial charge in [-0.05, 0) is 29.7 Å². The summed E-state index contributed by atoms with van der Waals surface area (Å²) in [6, 6.07) is 13.7. The van der Waals surface area contributed by atoms with Crippen LogP contribution in [0.5, 0.6) is 0 Å². The second kappa shape index (κ2) is 4.89. The SMILES string of the molecule is Nc1cc(CCO)cc(-c2ccccc2)c1N. The van der Waals surface area contributed by atoms with Crippen molar-refractivity contribution in [3.63, 3.8) is 0 Å². The van der Waals surface area contributed by atoms with Crippen molar-refractivity contribution in [3.8, 4) is 11.1 Å². The Labute approximate surface area is 101 Å². The third-order valence-corrected chi connectivity index (χ3v) is 2.76. The number of nitrogens with two attached hydrogens (primary N) is 2. The predicted octanol–water partition coefficient (Wildman–Crippen LogP) is 2.05. The Bertz CT molecular complexity index is 509. The molecular weight excluding hydrogens is 212 g/mol. The second-order valence-corrected chi connectivity index (χ2v) is 3.99. The van der Waals surface area contributed by atoms with E-state index in [2.05, 4.69) is 0 Å². The largest absolute Gasteiger partial charge is 0.397 e. The van der Waals surface area contributed by atoms with Gasteiger partial charge >= 0.3 is 0 Å². The van der Waals surface area contributed by atoms with Gasteiger partial charge in [0.15, 0.2) is 0 Å². The van der Waals surface area contributed by atoms with Crippen LogP contribution in [0.4, 0.5) is 11.4 Å². The van der Waals surface area contributed by atoms with Crippen molar-refractivity contribution in [2.45, 2.75) is 6.42 Å². The minimum Gasteiger partial charge on any atom is -0.397 e. The van der Waals surface area contributed by atoms with Crippen molar-refractivity contribution in [1.82, 2.24) is 0 Å². The molecule has 0 aliphatic carbocycles. The van der Waals surface area contributed by atoms with Crippen LogP contribution in [0.15, 0.2) is 42.5 Å². The number of nitrogen functional groups attached to an aromatic ring is 2. The summed E-state index contributed by atoms with van der Waals surface area (Å²) in [5, 5.41) is 8.97. The highest BCUT2D eigenvalue weighted by atomic mass is 16.2. The summed E-state index contributed by atoms with van der Waals surface area (Å²) in [5.41, 5.74) is 16.0. The smallest absolute Gasteiger partial charge is 0.0627 e. The summed E-state index contributed by atoms with van der Waals surface area (Å²) in [6.45, 7) is 0.109. The number of aliphatic hydroxyl groups is 1. The van der Waals surface area contributed by atoms with Gasteiger partial charge < -0.3 is 16.6 Å². The van der Waals surface area contributed by atoms with Crippen LogP contribution in [-0.4, -0.2) is 11.7 Å². The van der Waals surface area contributed by atoms with Crippen molar-refractivity contribution < 1.29 is 5.11 Å². The van der Waals surface area contributed by atoms with Gasteiger partial charge in [0.25, 0.3) is 0 Å². The molecule has 0 heterocycles. The van der Waals surface area contributed by atoms with Crippen molar-refractivity contribution in [2.75, 3.05) is 18.1 Å². The molecule has 3 nitrogen and oxygen atoms in total. The molecule has 88 valence electrons. The Morgan fingerprint density at radius 1 is 1.00 bits per heavy atom. The topological polar surface area (TPSA) is 72.3 Å². The van der Waals surface area contributed by atoms with E-state index in [0.717, 1.165) is 16.7 Å². The van der Waals surface area contributed by atoms with Crippen LogP contribution in [0.2, 0.25) is 0 Å². The third-order valence-electron chi connectivity index (χ3n) is 2.76. The fourth-order valence-electron chi connectivity index (χ4n) is 1.87. The summed E-state index contributed by atoms with van der Waals surface area (Å²) < 4.78 is 0. The molecule has 0 amide bonds. The maximum Gasteiger partial charge on any atom is 0.0627 e. The van der Waals surface area contributed by atoms with Crippen molar-refractivity contribution >= 4 is 11.4 Å². The molecule has 2 aromatic carbocycles. The molecular formula is C14H16N2O. The molecule has 0 bridgehead atoms. The lowest BCUT2D eigenvalue weighted by molar-refractivity contribution is 0.299. The number of hydrogen-bond acceptors (Lipinski definition) is 3. The van der Waals surface area contributed by atoms with E-state index in [0.29, 0.717) is 17.8 Å². The predicted molar refractivity (Wildman–Crippen MR) is 71.5 cm³/mol. The lowest BCUT2D eigenvalue weighted by Gasteiger charge is -2.11. The van der Waals surface area contributed by atoms with E-state index in [-0.39, 0.29) is 6.61 Å². The van der Waals surface area contributed by atoms with Gasteiger partial charge in [0.2, 0.25) is 0 Å². The standard InChI is InChI=1S/C14H16N2O/c15-13-9-10(6-7-17)8-12(14(13)16)11-4-2-1-3-5-11/h1-5,8-9,17H,6-7,15-16H2. The summed E-state index contributed by atoms with van der Waals surface area (Å²) in [6.07, 6.45) is 0.588. The monoisotopic (exact) mass is 228 g/mol. The first-order valence-corrected chi connectivity index (χ1v) is 5.56. The highest BCUT2D eigenvalue weighted by molar-refractivity contribution is 5.85. The average Bonchev–Trinajstić information content (AvgIpc) is 2.35. The number of aliphatic hydroxyl groups excluding tert-OH is 1. The number of rotatable bonds is 3. The fraction of sp³-hybridized carbons (Fsp3) is 0.143. The molecule has 0 saturated heterocycles. The number of benzene rings is 2. The molecule has 0 saturated carbocycles. The lowest BCUT2D eigenvalue weighted by atomic mass is 9.99. The van der Waals surface area contributed by atoms with Crippen molar-refractivity contribution in [2.24, 2.45) is 0 Å². The Morgan fingerprint density at radius 3 is 2.35 bits per heavy atom. The van der Waals surface area contributed by atoms with E-state index >= 15 is 0 Å². The molecule has 0 aliphatic rings. The molecule has 2 rings (SSSR count). The van der Waals surface area contributed by atoms with E-state index in [1.165, 1.54) is 0 Å². The molecule has 0 spiro atoms. The Hall–Kier alpha value is -2.00. The molecule has 0 aromatic heterocycles. The Balaban J connectivity index is 2.53. The van der Waals surface area contributed by atoms with Crippen LogP contribution in [0.25, 0.3) is 11.1 Å². The molecule has 17 heavy (non-hydrogen) atoms. The van der Waals surface area contributed by atoms with E-state index in [4.69, 9.17) is 16.6 Å². The highest BCUT2D eigenvalue weighted by Gasteiger charge is 2.07. The van der Waals surface area contributed by atoms with Crippen LogP contribution in [0.3, 0.4) is 0 Å². The molecule has 0 aliphatic heterocycles. The zero-order chi connectivity index (χ0) is 12.3. The molecule has 0 unspecified atom stereocenters. The summed E-state index contributed by atoms with van der Waals surface area (Å²) >= 11 is 0. The van der Waals surface area contributed by atoms with Crippen LogP contribution >= 0.6 is 0 Å². The minimum atomic E-state index is 0.109. The second-order valence-electron chi connectivity index (χ2n) is 3.99. The van der Waals surface area contributed by atoms with Gasteiger partial charge in [0.1, 0.15) is 0 Å². The number of hydrogen-bond donors (Lipinski definition) is 3. The Morgan fingerprint density at radius 2 is 1.71 bits per heavy atom. The normalized spacial score (nSPS) is 10.4. The molecule has 0 atom stereocenters. The van der Waals surface area contributed by atoms with Gasteiger partial charge in [0.05, 0.1) is 11.4 Å². The fourth-order valence-corrected chi connectivity index (χ4v) is 1.87. The first-order chi connectivity index (χ1) is 8.22. The quantitative estimate of drug-likeness (QED) is 0.704. The maximum absolute atomic E-state index is 8.97. The van der Waals surface area contributed by atoms with E-state index < -0.39 is 0 Å². The Kier molecular flexibility index (Phi) is 3.30. The van der Waals surface area contributed by atoms with Gasteiger partial charge in [-0.2, -0.15) is 0 Å². The third kappa shape index (κ3) is 2.40. The molecule has 3 heteroatoms. The molecule has 0 radical (unpaired) electrons. The zero-order valence-electron chi connectivity index (χ0n) is 9.56.